The zero-order chi connectivity index (χ0) is 15.6. The van der Waals surface area contributed by atoms with Gasteiger partial charge < -0.3 is 21.4 Å². The van der Waals surface area contributed by atoms with Gasteiger partial charge >= 0.3 is 29.6 Å². The summed E-state index contributed by atoms with van der Waals surface area (Å²) in [6.45, 7) is 7.08. The van der Waals surface area contributed by atoms with E-state index >= 15 is 0 Å². The first-order chi connectivity index (χ1) is 8.67. The van der Waals surface area contributed by atoms with Gasteiger partial charge in [-0.2, -0.15) is 0 Å². The molecule has 0 saturated heterocycles. The Labute approximate surface area is 187 Å². The van der Waals surface area contributed by atoms with Gasteiger partial charge in [-0.1, -0.05) is 72.3 Å². The molecule has 3 unspecified atom stereocenters. The molecule has 0 aliphatic carbocycles. The van der Waals surface area contributed by atoms with Gasteiger partial charge in [0.25, 0.3) is 0 Å². The van der Waals surface area contributed by atoms with Crippen LogP contribution in [0.2, 0.25) is 0 Å². The summed E-state index contributed by atoms with van der Waals surface area (Å²) in [7, 11) is 0. The Balaban J connectivity index is -0.0000000268. The number of aliphatic carboxylic acids is 1. The van der Waals surface area contributed by atoms with E-state index in [2.05, 4.69) is 0 Å². The molecule has 0 aromatic rings. The Morgan fingerprint density at radius 1 is 0.769 bits per heavy atom. The van der Waals surface area contributed by atoms with E-state index in [9.17, 15) is 19.5 Å². The van der Waals surface area contributed by atoms with E-state index in [0.717, 1.165) is 6.42 Å². The number of carbonyl (C=O) groups is 3. The van der Waals surface area contributed by atoms with E-state index < -0.39 is 17.8 Å². The third-order valence-electron chi connectivity index (χ3n) is 3.03. The van der Waals surface area contributed by atoms with Gasteiger partial charge in [-0.15, -0.1) is 0 Å². The average Bonchev–Trinajstić information content (AvgIpc) is 2.34. The molecule has 0 heterocycles. The van der Waals surface area contributed by atoms with Gasteiger partial charge in [0.05, 0.1) is 0 Å². The number of carboxylic acids is 1. The summed E-state index contributed by atoms with van der Waals surface area (Å²) >= 11 is 0. The van der Waals surface area contributed by atoms with Gasteiger partial charge in [-0.3, -0.25) is 9.59 Å². The zero-order valence-corrected chi connectivity index (χ0v) is 15.1. The Morgan fingerprint density at radius 2 is 1.12 bits per heavy atom. The summed E-state index contributed by atoms with van der Waals surface area (Å²) in [4.78, 5) is 31.2. The maximum atomic E-state index is 10.7. The molecular formula is C19H49N2NaO4. The van der Waals surface area contributed by atoms with Crippen molar-refractivity contribution in [1.82, 2.24) is 0 Å². The maximum absolute atomic E-state index is 10.7. The second-order valence-electron chi connectivity index (χ2n) is 4.67. The van der Waals surface area contributed by atoms with Crippen LogP contribution in [0.1, 0.15) is 91.5 Å². The fourth-order valence-corrected chi connectivity index (χ4v) is 1.21. The van der Waals surface area contributed by atoms with Crippen LogP contribution in [-0.2, 0) is 14.4 Å². The van der Waals surface area contributed by atoms with Crippen molar-refractivity contribution < 1.29 is 49.0 Å². The van der Waals surface area contributed by atoms with Crippen molar-refractivity contribution in [2.24, 2.45) is 29.2 Å². The molecule has 0 rings (SSSR count). The molecule has 0 bridgehead atoms. The number of hydrogen-bond donors (Lipinski definition) is 2. The van der Waals surface area contributed by atoms with Crippen LogP contribution in [0.3, 0.4) is 0 Å². The maximum Gasteiger partial charge on any atom is 1.00 e. The van der Waals surface area contributed by atoms with E-state index in [1.807, 2.05) is 13.8 Å². The van der Waals surface area contributed by atoms with Crippen molar-refractivity contribution in [3.8, 4) is 0 Å². The standard InChI is InChI=1S/C8H15NO3.C5H11NO.6CH4.Na/c1-3-6(7(9)10)4-5(2)8(11)12;1-3-4(2)5(6)7;;;;;;;/h5-6H,3-4H2,1-2H3,(H2,9,10)(H,11,12);4H,3H2,1-2H3,(H2,6,7);6*1H4;/q;;;;;;;;+1/p-1. The van der Waals surface area contributed by atoms with Gasteiger partial charge in [-0.05, 0) is 25.2 Å². The predicted molar refractivity (Wildman–Crippen MR) is 111 cm³/mol. The second-order valence-corrected chi connectivity index (χ2v) is 4.67. The fourth-order valence-electron chi connectivity index (χ4n) is 1.21. The molecule has 4 N–H and O–H groups in total. The van der Waals surface area contributed by atoms with E-state index in [4.69, 9.17) is 11.5 Å². The zero-order valence-electron chi connectivity index (χ0n) is 13.1. The quantitative estimate of drug-likeness (QED) is 0.615. The normalized spacial score (nSPS) is 10.6. The third-order valence-corrected chi connectivity index (χ3v) is 3.03. The minimum atomic E-state index is -1.13. The summed E-state index contributed by atoms with van der Waals surface area (Å²) in [6, 6.07) is 0. The monoisotopic (exact) mass is 392 g/mol. The van der Waals surface area contributed by atoms with Crippen molar-refractivity contribution in [3.63, 3.8) is 0 Å². The molecule has 7 heteroatoms. The van der Waals surface area contributed by atoms with Gasteiger partial charge in [0, 0.05) is 17.8 Å². The van der Waals surface area contributed by atoms with E-state index in [1.54, 1.807) is 6.92 Å². The topological polar surface area (TPSA) is 126 Å². The molecule has 0 aliphatic heterocycles. The minimum Gasteiger partial charge on any atom is -0.550 e. The molecule has 0 aliphatic rings. The van der Waals surface area contributed by atoms with Crippen LogP contribution in [0.15, 0.2) is 0 Å². The number of rotatable bonds is 7. The van der Waals surface area contributed by atoms with Crippen molar-refractivity contribution in [2.45, 2.75) is 91.5 Å². The molecular weight excluding hydrogens is 343 g/mol. The molecule has 0 aromatic heterocycles. The van der Waals surface area contributed by atoms with Crippen LogP contribution < -0.4 is 46.1 Å². The first-order valence-corrected chi connectivity index (χ1v) is 6.46. The molecule has 2 amide bonds. The minimum absolute atomic E-state index is 0. The summed E-state index contributed by atoms with van der Waals surface area (Å²) in [6.07, 6.45) is 1.69. The van der Waals surface area contributed by atoms with Gasteiger partial charge in [-0.25, -0.2) is 0 Å². The van der Waals surface area contributed by atoms with Crippen molar-refractivity contribution in [2.75, 3.05) is 0 Å². The van der Waals surface area contributed by atoms with E-state index in [-0.39, 0.29) is 98.3 Å². The van der Waals surface area contributed by atoms with Crippen molar-refractivity contribution in [3.05, 3.63) is 0 Å². The fraction of sp³-hybridized carbons (Fsp3) is 0.842. The van der Waals surface area contributed by atoms with Crippen molar-refractivity contribution in [1.29, 1.82) is 0 Å². The first kappa shape index (κ1) is 56.2. The number of carboxylic acid groups (broad SMARTS) is 1. The van der Waals surface area contributed by atoms with Gasteiger partial charge in [0.1, 0.15) is 0 Å². The van der Waals surface area contributed by atoms with Gasteiger partial charge in [0.15, 0.2) is 0 Å². The van der Waals surface area contributed by atoms with E-state index in [1.165, 1.54) is 6.92 Å². The summed E-state index contributed by atoms with van der Waals surface area (Å²) in [5, 5.41) is 10.3. The molecule has 0 fully saturated rings. The Kier molecular flexibility index (Phi) is 69.4. The number of nitrogens with two attached hydrogens (primary N) is 2. The Hall–Kier alpha value is -0.590. The largest absolute Gasteiger partial charge is 1.00 e. The smallest absolute Gasteiger partial charge is 0.550 e. The second kappa shape index (κ2) is 32.1. The SMILES string of the molecule is C.C.C.C.C.C.CCC(C)C(N)=O.CCC(CC(C)C(=O)[O-])C(N)=O.[Na+]. The molecule has 6 nitrogen and oxygen atoms in total. The van der Waals surface area contributed by atoms with Gasteiger partial charge in [0.2, 0.25) is 11.8 Å². The first-order valence-electron chi connectivity index (χ1n) is 6.46. The molecule has 0 radical (unpaired) electrons. The molecule has 0 aromatic carbocycles. The van der Waals surface area contributed by atoms with Crippen molar-refractivity contribution >= 4 is 17.8 Å². The average molecular weight is 393 g/mol. The third kappa shape index (κ3) is 31.2. The predicted octanol–water partition coefficient (Wildman–Crippen LogP) is 0.612. The molecule has 160 valence electrons. The molecule has 0 saturated carbocycles. The van der Waals surface area contributed by atoms with Crippen LogP contribution in [0.4, 0.5) is 0 Å². The molecule has 0 spiro atoms. The number of amides is 2. The van der Waals surface area contributed by atoms with E-state index in [0.29, 0.717) is 6.42 Å². The van der Waals surface area contributed by atoms with Crippen LogP contribution >= 0.6 is 0 Å². The number of carbonyl (C=O) groups excluding carboxylic acids is 3. The Bertz CT molecular complexity index is 314. The summed E-state index contributed by atoms with van der Waals surface area (Å²) < 4.78 is 0. The van der Waals surface area contributed by atoms with Crippen LogP contribution in [0.5, 0.6) is 0 Å². The number of primary amides is 2. The molecule has 3 atom stereocenters. The Morgan fingerprint density at radius 3 is 1.23 bits per heavy atom. The number of hydrogen-bond acceptors (Lipinski definition) is 4. The molecule has 26 heavy (non-hydrogen) atoms. The summed E-state index contributed by atoms with van der Waals surface area (Å²) in [5.74, 6) is -2.69. The summed E-state index contributed by atoms with van der Waals surface area (Å²) in [5.41, 5.74) is 9.95. The van der Waals surface area contributed by atoms with Crippen LogP contribution in [0.25, 0.3) is 0 Å². The van der Waals surface area contributed by atoms with Crippen LogP contribution in [0, 0.1) is 17.8 Å². The van der Waals surface area contributed by atoms with Crippen LogP contribution in [-0.4, -0.2) is 17.8 Å².